The van der Waals surface area contributed by atoms with E-state index in [0.717, 1.165) is 4.31 Å². The molecule has 2 amide bonds. The molecule has 0 radical (unpaired) electrons. The number of amides is 2. The van der Waals surface area contributed by atoms with Crippen LogP contribution in [0.1, 0.15) is 6.92 Å². The average Bonchev–Trinajstić information content (AvgIpc) is 2.90. The summed E-state index contributed by atoms with van der Waals surface area (Å²) >= 11 is 0. The summed E-state index contributed by atoms with van der Waals surface area (Å²) in [7, 11) is -6.37. The van der Waals surface area contributed by atoms with Crippen LogP contribution >= 0.6 is 0 Å². The Bertz CT molecular complexity index is 1590. The third kappa shape index (κ3) is 8.26. The van der Waals surface area contributed by atoms with Crippen molar-refractivity contribution in [2.75, 3.05) is 35.2 Å². The van der Waals surface area contributed by atoms with Crippen molar-refractivity contribution in [1.82, 2.24) is 0 Å². The van der Waals surface area contributed by atoms with Crippen molar-refractivity contribution in [3.63, 3.8) is 0 Å². The Balaban J connectivity index is 1.48. The first-order valence-electron chi connectivity index (χ1n) is 11.4. The molecule has 0 saturated heterocycles. The molecule has 0 aliphatic heterocycles. The van der Waals surface area contributed by atoms with Crippen LogP contribution in [0.25, 0.3) is 0 Å². The second-order valence-electron chi connectivity index (χ2n) is 8.24. The number of rotatable bonds is 11. The summed E-state index contributed by atoms with van der Waals surface area (Å²) in [5.74, 6) is -1.51. The number of esters is 1. The lowest BCUT2D eigenvalue weighted by Gasteiger charge is -2.20. The van der Waals surface area contributed by atoms with Crippen LogP contribution in [0, 0.1) is 0 Å². The minimum absolute atomic E-state index is 0.0248. The number of benzene rings is 3. The van der Waals surface area contributed by atoms with Crippen LogP contribution in [0.15, 0.2) is 82.6 Å². The highest BCUT2D eigenvalue weighted by Crippen LogP contribution is 2.25. The molecule has 3 aromatic rings. The van der Waals surface area contributed by atoms with Crippen molar-refractivity contribution >= 4 is 54.9 Å². The van der Waals surface area contributed by atoms with Gasteiger partial charge in [-0.3, -0.25) is 13.9 Å². The Kier molecular flexibility index (Phi) is 9.47. The summed E-state index contributed by atoms with van der Waals surface area (Å²) in [5, 5.41) is 10.0. The number of carbonyl (C=O) groups excluding carboxylic acids is 3. The van der Waals surface area contributed by atoms with Gasteiger partial charge in [-0.05, 0) is 72.8 Å². The summed E-state index contributed by atoms with van der Waals surface area (Å²) in [6.45, 7) is 0.232. The Morgan fingerprint density at radius 3 is 1.82 bits per heavy atom. The van der Waals surface area contributed by atoms with E-state index in [9.17, 15) is 31.2 Å². The molecule has 0 saturated carbocycles. The van der Waals surface area contributed by atoms with E-state index in [0.29, 0.717) is 11.4 Å². The fraction of sp³-hybridized carbons (Fsp3) is 0.160. The molecule has 212 valence electrons. The maximum Gasteiger partial charge on any atom is 0.344 e. The van der Waals surface area contributed by atoms with Crippen LogP contribution in [0.2, 0.25) is 0 Å². The van der Waals surface area contributed by atoms with Crippen molar-refractivity contribution < 1.29 is 40.7 Å². The molecule has 3 rings (SSSR count). The fourth-order valence-corrected chi connectivity index (χ4v) is 4.93. The maximum atomic E-state index is 12.9. The maximum absolute atomic E-state index is 12.9. The minimum atomic E-state index is -3.89. The highest BCUT2D eigenvalue weighted by molar-refractivity contribution is 7.92. The molecule has 15 heteroatoms. The van der Waals surface area contributed by atoms with E-state index in [1.54, 1.807) is 0 Å². The van der Waals surface area contributed by atoms with Crippen molar-refractivity contribution in [1.29, 1.82) is 0 Å². The first kappa shape index (κ1) is 30.1. The SMILES string of the molecule is CC(=O)Nc1ccc(S(=O)(=O)N(C)c2ccc(OCC(=O)OCC(=O)Nc3ccc(S(N)(=O)=O)cc3)cc2)cc1. The Hall–Kier alpha value is -4.47. The predicted octanol–water partition coefficient (Wildman–Crippen LogP) is 1.68. The van der Waals surface area contributed by atoms with E-state index in [-0.39, 0.29) is 27.1 Å². The summed E-state index contributed by atoms with van der Waals surface area (Å²) < 4.78 is 59.7. The molecule has 0 aliphatic carbocycles. The highest BCUT2D eigenvalue weighted by Gasteiger charge is 2.21. The van der Waals surface area contributed by atoms with E-state index in [2.05, 4.69) is 10.6 Å². The van der Waals surface area contributed by atoms with Crippen LogP contribution in [-0.4, -0.2) is 54.9 Å². The second kappa shape index (κ2) is 12.6. The lowest BCUT2D eigenvalue weighted by molar-refractivity contribution is -0.149. The molecule has 13 nitrogen and oxygen atoms in total. The lowest BCUT2D eigenvalue weighted by Crippen LogP contribution is -2.26. The largest absolute Gasteiger partial charge is 0.482 e. The number of hydrogen-bond acceptors (Lipinski definition) is 9. The van der Waals surface area contributed by atoms with E-state index in [1.165, 1.54) is 86.8 Å². The highest BCUT2D eigenvalue weighted by atomic mass is 32.2. The van der Waals surface area contributed by atoms with Gasteiger partial charge in [0.05, 0.1) is 15.5 Å². The van der Waals surface area contributed by atoms with Crippen molar-refractivity contribution in [3.8, 4) is 5.75 Å². The van der Waals surface area contributed by atoms with E-state index in [4.69, 9.17) is 14.6 Å². The van der Waals surface area contributed by atoms with Gasteiger partial charge in [0.15, 0.2) is 13.2 Å². The molecule has 0 bridgehead atoms. The number of nitrogens with zero attached hydrogens (tertiary/aromatic N) is 1. The normalized spacial score (nSPS) is 11.3. The average molecular weight is 591 g/mol. The molecule has 0 heterocycles. The third-order valence-corrected chi connectivity index (χ3v) is 7.95. The minimum Gasteiger partial charge on any atom is -0.482 e. The number of carbonyl (C=O) groups is 3. The molecule has 0 spiro atoms. The number of sulfonamides is 2. The second-order valence-corrected chi connectivity index (χ2v) is 11.8. The number of anilines is 3. The van der Waals surface area contributed by atoms with Gasteiger partial charge < -0.3 is 20.1 Å². The summed E-state index contributed by atoms with van der Waals surface area (Å²) in [5.41, 5.74) is 1.07. The zero-order valence-electron chi connectivity index (χ0n) is 21.4. The Morgan fingerprint density at radius 2 is 1.30 bits per heavy atom. The molecule has 0 aliphatic rings. The van der Waals surface area contributed by atoms with Gasteiger partial charge in [-0.25, -0.2) is 26.8 Å². The Labute approximate surface area is 231 Å². The van der Waals surface area contributed by atoms with Gasteiger partial charge in [0.2, 0.25) is 15.9 Å². The third-order valence-electron chi connectivity index (χ3n) is 5.22. The standard InChI is InChI=1S/C25H26N4O9S2/c1-17(30)27-18-5-13-23(14-6-18)40(35,36)29(2)20-7-9-21(10-8-20)37-16-25(32)38-15-24(31)28-19-3-11-22(12-4-19)39(26,33)34/h3-14H,15-16H2,1-2H3,(H,27,30)(H,28,31)(H2,26,33,34). The predicted molar refractivity (Wildman–Crippen MR) is 146 cm³/mol. The zero-order valence-corrected chi connectivity index (χ0v) is 23.0. The van der Waals surface area contributed by atoms with Crippen molar-refractivity contribution in [3.05, 3.63) is 72.8 Å². The molecule has 4 N–H and O–H groups in total. The molecule has 0 fully saturated rings. The van der Waals surface area contributed by atoms with Gasteiger partial charge in [0, 0.05) is 25.3 Å². The summed E-state index contributed by atoms with van der Waals surface area (Å²) in [6.07, 6.45) is 0. The number of nitrogens with one attached hydrogen (secondary N) is 2. The van der Waals surface area contributed by atoms with E-state index < -0.39 is 45.1 Å². The van der Waals surface area contributed by atoms with Crippen molar-refractivity contribution in [2.45, 2.75) is 16.7 Å². The molecule has 40 heavy (non-hydrogen) atoms. The molecule has 0 unspecified atom stereocenters. The number of hydrogen-bond donors (Lipinski definition) is 3. The number of ether oxygens (including phenoxy) is 2. The smallest absolute Gasteiger partial charge is 0.344 e. The van der Waals surface area contributed by atoms with E-state index >= 15 is 0 Å². The van der Waals surface area contributed by atoms with Crippen LogP contribution in [-0.2, 0) is 39.2 Å². The molecular weight excluding hydrogens is 564 g/mol. The zero-order chi connectivity index (χ0) is 29.5. The van der Waals surface area contributed by atoms with E-state index in [1.807, 2.05) is 0 Å². The fourth-order valence-electron chi connectivity index (χ4n) is 3.22. The molecular formula is C25H26N4O9S2. The summed E-state index contributed by atoms with van der Waals surface area (Å²) in [4.78, 5) is 35.0. The van der Waals surface area contributed by atoms with Gasteiger partial charge in [-0.2, -0.15) is 0 Å². The van der Waals surface area contributed by atoms with Crippen LogP contribution in [0.5, 0.6) is 5.75 Å². The topological polar surface area (TPSA) is 191 Å². The van der Waals surface area contributed by atoms with Crippen LogP contribution in [0.3, 0.4) is 0 Å². The quantitative estimate of drug-likeness (QED) is 0.279. The summed E-state index contributed by atoms with van der Waals surface area (Å²) in [6, 6.07) is 16.7. The lowest BCUT2D eigenvalue weighted by atomic mass is 10.3. The van der Waals surface area contributed by atoms with Crippen LogP contribution in [0.4, 0.5) is 17.1 Å². The number of nitrogens with two attached hydrogens (primary N) is 1. The van der Waals surface area contributed by atoms with Gasteiger partial charge in [-0.15, -0.1) is 0 Å². The first-order chi connectivity index (χ1) is 18.8. The van der Waals surface area contributed by atoms with Crippen molar-refractivity contribution in [2.24, 2.45) is 5.14 Å². The monoisotopic (exact) mass is 590 g/mol. The van der Waals surface area contributed by atoms with Gasteiger partial charge in [0.25, 0.3) is 15.9 Å². The first-order valence-corrected chi connectivity index (χ1v) is 14.4. The van der Waals surface area contributed by atoms with Crippen LogP contribution < -0.4 is 24.8 Å². The molecule has 0 atom stereocenters. The number of primary sulfonamides is 1. The van der Waals surface area contributed by atoms with Gasteiger partial charge in [-0.1, -0.05) is 0 Å². The van der Waals surface area contributed by atoms with Gasteiger partial charge in [0.1, 0.15) is 5.75 Å². The molecule has 0 aromatic heterocycles. The Morgan fingerprint density at radius 1 is 0.775 bits per heavy atom. The molecule has 3 aromatic carbocycles. The van der Waals surface area contributed by atoms with Gasteiger partial charge >= 0.3 is 5.97 Å².